The third-order valence-electron chi connectivity index (χ3n) is 3.60. The van der Waals surface area contributed by atoms with E-state index in [9.17, 15) is 25.9 Å². The molecule has 0 heterocycles. The van der Waals surface area contributed by atoms with Gasteiger partial charge in [-0.05, 0) is 6.42 Å². The van der Waals surface area contributed by atoms with Crippen LogP contribution >= 0.6 is 0 Å². The van der Waals surface area contributed by atoms with Crippen LogP contribution in [0.3, 0.4) is 0 Å². The van der Waals surface area contributed by atoms with Crippen molar-refractivity contribution in [3.8, 4) is 0 Å². The summed E-state index contributed by atoms with van der Waals surface area (Å²) in [6.07, 6.45) is 10.0. The van der Waals surface area contributed by atoms with Crippen LogP contribution in [0.4, 0.5) is 0 Å². The molecular formula is C15H30Na2O9S2. The van der Waals surface area contributed by atoms with Crippen molar-refractivity contribution in [2.45, 2.75) is 77.2 Å². The Labute approximate surface area is 214 Å². The fourth-order valence-electron chi connectivity index (χ4n) is 2.34. The summed E-state index contributed by atoms with van der Waals surface area (Å²) in [7, 11) is -10.1. The van der Waals surface area contributed by atoms with Crippen LogP contribution in [0.2, 0.25) is 0 Å². The van der Waals surface area contributed by atoms with Gasteiger partial charge in [0.05, 0.1) is 13.2 Å². The van der Waals surface area contributed by atoms with Crippen molar-refractivity contribution in [1.29, 1.82) is 0 Å². The summed E-state index contributed by atoms with van der Waals surface area (Å²) in [5.74, 6) is 0. The van der Waals surface area contributed by atoms with E-state index in [2.05, 4.69) is 15.3 Å². The quantitative estimate of drug-likeness (QED) is 0.0865. The Morgan fingerprint density at radius 2 is 1.18 bits per heavy atom. The Balaban J connectivity index is -0.00000312. The summed E-state index contributed by atoms with van der Waals surface area (Å²) < 4.78 is 76.0. The van der Waals surface area contributed by atoms with E-state index in [4.69, 9.17) is 4.74 Å². The smallest absolute Gasteiger partial charge is 0.726 e. The Morgan fingerprint density at radius 3 is 1.61 bits per heavy atom. The zero-order valence-electron chi connectivity index (χ0n) is 17.3. The normalized spacial score (nSPS) is 12.8. The van der Waals surface area contributed by atoms with Crippen LogP contribution in [-0.4, -0.2) is 51.9 Å². The third kappa shape index (κ3) is 27.7. The maximum absolute atomic E-state index is 10.6. The summed E-state index contributed by atoms with van der Waals surface area (Å²) in [5.41, 5.74) is 0. The minimum Gasteiger partial charge on any atom is -0.726 e. The average molecular weight is 465 g/mol. The van der Waals surface area contributed by atoms with Crippen molar-refractivity contribution in [2.24, 2.45) is 0 Å². The Morgan fingerprint density at radius 1 is 0.714 bits per heavy atom. The third-order valence-corrected chi connectivity index (χ3v) is 4.53. The van der Waals surface area contributed by atoms with E-state index in [1.165, 1.54) is 38.5 Å². The molecule has 0 bridgehead atoms. The second kappa shape index (κ2) is 20.6. The zero-order valence-corrected chi connectivity index (χ0v) is 22.9. The van der Waals surface area contributed by atoms with Crippen LogP contribution in [0.5, 0.6) is 0 Å². The Kier molecular flexibility index (Phi) is 25.2. The van der Waals surface area contributed by atoms with Gasteiger partial charge in [-0.1, -0.05) is 64.7 Å². The monoisotopic (exact) mass is 464 g/mol. The molecule has 0 aliphatic carbocycles. The van der Waals surface area contributed by atoms with E-state index in [1.54, 1.807) is 0 Å². The van der Waals surface area contributed by atoms with Crippen LogP contribution in [0.1, 0.15) is 71.1 Å². The molecule has 0 N–H and O–H groups in total. The van der Waals surface area contributed by atoms with Gasteiger partial charge < -0.3 is 13.8 Å². The molecule has 0 saturated carbocycles. The molecule has 28 heavy (non-hydrogen) atoms. The number of hydrogen-bond donors (Lipinski definition) is 0. The topological polar surface area (TPSA) is 142 Å². The van der Waals surface area contributed by atoms with Gasteiger partial charge in [-0.15, -0.1) is 0 Å². The van der Waals surface area contributed by atoms with E-state index in [-0.39, 0.29) is 65.7 Å². The predicted molar refractivity (Wildman–Crippen MR) is 92.9 cm³/mol. The first-order chi connectivity index (χ1) is 12.1. The van der Waals surface area contributed by atoms with Crippen molar-refractivity contribution < 1.29 is 98.2 Å². The van der Waals surface area contributed by atoms with Gasteiger partial charge in [-0.25, -0.2) is 16.8 Å². The van der Waals surface area contributed by atoms with Crippen molar-refractivity contribution in [2.75, 3.05) is 19.8 Å². The molecule has 0 aromatic carbocycles. The summed E-state index contributed by atoms with van der Waals surface area (Å²) in [4.78, 5) is 0. The molecule has 0 aliphatic heterocycles. The van der Waals surface area contributed by atoms with Crippen molar-refractivity contribution >= 4 is 20.8 Å². The summed E-state index contributed by atoms with van der Waals surface area (Å²) >= 11 is 0. The minimum atomic E-state index is -5.06. The first kappa shape index (κ1) is 34.3. The molecule has 0 rings (SSSR count). The van der Waals surface area contributed by atoms with Crippen LogP contribution in [0.15, 0.2) is 0 Å². The first-order valence-corrected chi connectivity index (χ1v) is 11.6. The van der Waals surface area contributed by atoms with E-state index in [1.807, 2.05) is 0 Å². The van der Waals surface area contributed by atoms with E-state index in [0.717, 1.165) is 25.7 Å². The van der Waals surface area contributed by atoms with Crippen molar-refractivity contribution in [1.82, 2.24) is 0 Å². The molecule has 9 nitrogen and oxygen atoms in total. The second-order valence-corrected chi connectivity index (χ2v) is 8.14. The van der Waals surface area contributed by atoms with Crippen LogP contribution in [0, 0.1) is 0 Å². The number of ether oxygens (including phenoxy) is 1. The Hall–Kier alpha value is 1.70. The fourth-order valence-corrected chi connectivity index (χ4v) is 3.10. The van der Waals surface area contributed by atoms with E-state index < -0.39 is 33.5 Å². The summed E-state index contributed by atoms with van der Waals surface area (Å²) in [6.45, 7) is 1.23. The van der Waals surface area contributed by atoms with Gasteiger partial charge >= 0.3 is 59.1 Å². The fraction of sp³-hybridized carbons (Fsp3) is 1.00. The molecule has 1 atom stereocenters. The van der Waals surface area contributed by atoms with Gasteiger partial charge in [0.25, 0.3) is 0 Å². The van der Waals surface area contributed by atoms with Crippen molar-refractivity contribution in [3.63, 3.8) is 0 Å². The molecular weight excluding hydrogens is 434 g/mol. The Bertz CT molecular complexity index is 542. The molecule has 0 fully saturated rings. The summed E-state index contributed by atoms with van der Waals surface area (Å²) in [6, 6.07) is 0. The van der Waals surface area contributed by atoms with Gasteiger partial charge in [0.2, 0.25) is 20.8 Å². The first-order valence-electron chi connectivity index (χ1n) is 8.96. The van der Waals surface area contributed by atoms with Gasteiger partial charge in [0, 0.05) is 6.61 Å². The number of unbranched alkanes of at least 4 members (excludes halogenated alkanes) is 9. The summed E-state index contributed by atoms with van der Waals surface area (Å²) in [5, 5.41) is 0. The van der Waals surface area contributed by atoms with Crippen LogP contribution in [-0.2, 0) is 33.9 Å². The number of rotatable bonds is 18. The van der Waals surface area contributed by atoms with E-state index in [0.29, 0.717) is 6.61 Å². The molecule has 0 spiro atoms. The molecule has 0 radical (unpaired) electrons. The van der Waals surface area contributed by atoms with Gasteiger partial charge in [0.15, 0.2) is 0 Å². The molecule has 13 heteroatoms. The molecule has 1 unspecified atom stereocenters. The van der Waals surface area contributed by atoms with Gasteiger partial charge in [-0.3, -0.25) is 8.37 Å². The molecule has 0 aliphatic rings. The largest absolute Gasteiger partial charge is 1.00 e. The zero-order chi connectivity index (χ0) is 19.9. The molecule has 0 amide bonds. The van der Waals surface area contributed by atoms with E-state index >= 15 is 0 Å². The van der Waals surface area contributed by atoms with Gasteiger partial charge in [-0.2, -0.15) is 0 Å². The average Bonchev–Trinajstić information content (AvgIpc) is 2.51. The maximum atomic E-state index is 10.6. The maximum Gasteiger partial charge on any atom is 1.00 e. The van der Waals surface area contributed by atoms with Crippen molar-refractivity contribution in [3.05, 3.63) is 0 Å². The second-order valence-electron chi connectivity index (χ2n) is 6.08. The van der Waals surface area contributed by atoms with Crippen LogP contribution in [0.25, 0.3) is 0 Å². The van der Waals surface area contributed by atoms with Crippen LogP contribution < -0.4 is 59.1 Å². The molecule has 0 aromatic rings. The molecule has 0 aromatic heterocycles. The molecule has 158 valence electrons. The predicted octanol–water partition coefficient (Wildman–Crippen LogP) is -3.75. The SMILES string of the molecule is CCCCCCCCCCCCOCC(COS(=O)(=O)[O-])OS(=O)(=O)[O-].[Na+].[Na+]. The van der Waals surface area contributed by atoms with Gasteiger partial charge in [0.1, 0.15) is 6.10 Å². The number of hydrogen-bond acceptors (Lipinski definition) is 9. The minimum absolute atomic E-state index is 0. The molecule has 0 saturated heterocycles. The standard InChI is InChI=1S/C15H32O9S2.2Na/c1-2-3-4-5-6-7-8-9-10-11-12-22-13-15(24-26(19,20)21)14-23-25(16,17)18;;/h15H,2-14H2,1H3,(H,16,17,18)(H,19,20,21);;/q;2*+1/p-2.